The normalized spacial score (nSPS) is 25.4. The molecule has 3 N–H and O–H groups in total. The van der Waals surface area contributed by atoms with E-state index in [-0.39, 0.29) is 30.2 Å². The number of carbonyl (C=O) groups excluding carboxylic acids is 2. The van der Waals surface area contributed by atoms with Crippen LogP contribution in [0.5, 0.6) is 0 Å². The number of carbonyl (C=O) groups is 2. The molecule has 0 aromatic heterocycles. The van der Waals surface area contributed by atoms with Gasteiger partial charge in [0.2, 0.25) is 11.8 Å². The minimum Gasteiger partial charge on any atom is -0.353 e. The van der Waals surface area contributed by atoms with Gasteiger partial charge in [-0.05, 0) is 37.8 Å². The van der Waals surface area contributed by atoms with Crippen molar-refractivity contribution in [3.63, 3.8) is 0 Å². The maximum Gasteiger partial charge on any atom is 0.224 e. The van der Waals surface area contributed by atoms with Crippen LogP contribution in [0.25, 0.3) is 0 Å². The van der Waals surface area contributed by atoms with Crippen LogP contribution >= 0.6 is 0 Å². The first-order valence-electron chi connectivity index (χ1n) is 9.14. The van der Waals surface area contributed by atoms with Gasteiger partial charge in [-0.3, -0.25) is 19.8 Å². The number of nitrogens with zero attached hydrogens (tertiary/aromatic N) is 1. The van der Waals surface area contributed by atoms with Crippen molar-refractivity contribution in [1.29, 1.82) is 0 Å². The van der Waals surface area contributed by atoms with E-state index in [1.807, 2.05) is 38.1 Å². The summed E-state index contributed by atoms with van der Waals surface area (Å²) < 4.78 is 0. The topological polar surface area (TPSA) is 73.5 Å². The summed E-state index contributed by atoms with van der Waals surface area (Å²) in [6, 6.07) is 8.42. The second kappa shape index (κ2) is 7.97. The lowest BCUT2D eigenvalue weighted by Crippen LogP contribution is -2.65. The fourth-order valence-electron chi connectivity index (χ4n) is 3.62. The molecule has 2 atom stereocenters. The quantitative estimate of drug-likeness (QED) is 0.759. The first-order chi connectivity index (χ1) is 12.0. The zero-order valence-electron chi connectivity index (χ0n) is 15.0. The van der Waals surface area contributed by atoms with Gasteiger partial charge in [0.05, 0.1) is 6.42 Å². The molecule has 2 amide bonds. The van der Waals surface area contributed by atoms with Gasteiger partial charge in [-0.15, -0.1) is 0 Å². The van der Waals surface area contributed by atoms with Gasteiger partial charge < -0.3 is 10.6 Å². The molecule has 2 saturated heterocycles. The van der Waals surface area contributed by atoms with Crippen LogP contribution in [0.3, 0.4) is 0 Å². The average Bonchev–Trinajstić information content (AvgIpc) is 2.57. The minimum atomic E-state index is -0.0835. The predicted octanol–water partition coefficient (Wildman–Crippen LogP) is 0.900. The second-order valence-corrected chi connectivity index (χ2v) is 7.22. The van der Waals surface area contributed by atoms with Crippen LogP contribution in [0.1, 0.15) is 37.3 Å². The van der Waals surface area contributed by atoms with Gasteiger partial charge >= 0.3 is 0 Å². The Morgan fingerprint density at radius 3 is 2.68 bits per heavy atom. The fourth-order valence-corrected chi connectivity index (χ4v) is 3.62. The standard InChI is InChI=1S/C19H28N4O2/c1-13-5-3-4-6-15(13)12-18(25)21-16-7-9-23(10-8-16)19-20-14(2)11-17(24)22-19/h3-6,14,16,19-20H,7-12H2,1-2H3,(H,21,25)(H,22,24). The van der Waals surface area contributed by atoms with E-state index in [1.54, 1.807) is 0 Å². The van der Waals surface area contributed by atoms with Crippen LogP contribution < -0.4 is 16.0 Å². The molecule has 6 nitrogen and oxygen atoms in total. The van der Waals surface area contributed by atoms with Crippen LogP contribution in [0.15, 0.2) is 24.3 Å². The highest BCUT2D eigenvalue weighted by atomic mass is 16.2. The number of rotatable bonds is 4. The van der Waals surface area contributed by atoms with Crippen molar-refractivity contribution in [3.8, 4) is 0 Å². The van der Waals surface area contributed by atoms with E-state index in [0.717, 1.165) is 37.1 Å². The van der Waals surface area contributed by atoms with E-state index in [0.29, 0.717) is 12.8 Å². The highest BCUT2D eigenvalue weighted by molar-refractivity contribution is 5.79. The molecule has 136 valence electrons. The van der Waals surface area contributed by atoms with Gasteiger partial charge in [-0.1, -0.05) is 24.3 Å². The number of nitrogens with one attached hydrogen (secondary N) is 3. The number of benzene rings is 1. The molecule has 2 heterocycles. The van der Waals surface area contributed by atoms with Crippen LogP contribution in [-0.4, -0.2) is 48.2 Å². The van der Waals surface area contributed by atoms with Crippen molar-refractivity contribution < 1.29 is 9.59 Å². The van der Waals surface area contributed by atoms with E-state index < -0.39 is 0 Å². The van der Waals surface area contributed by atoms with Crippen molar-refractivity contribution in [2.24, 2.45) is 0 Å². The molecule has 25 heavy (non-hydrogen) atoms. The summed E-state index contributed by atoms with van der Waals surface area (Å²) in [5.74, 6) is 0.190. The molecule has 0 saturated carbocycles. The summed E-state index contributed by atoms with van der Waals surface area (Å²) in [4.78, 5) is 26.3. The summed E-state index contributed by atoms with van der Waals surface area (Å²) in [6.45, 7) is 5.79. The van der Waals surface area contributed by atoms with E-state index in [4.69, 9.17) is 0 Å². The van der Waals surface area contributed by atoms with Gasteiger partial charge in [-0.2, -0.15) is 0 Å². The fraction of sp³-hybridized carbons (Fsp3) is 0.579. The molecule has 0 aliphatic carbocycles. The molecule has 2 aliphatic rings. The lowest BCUT2D eigenvalue weighted by atomic mass is 10.0. The second-order valence-electron chi connectivity index (χ2n) is 7.22. The van der Waals surface area contributed by atoms with Crippen LogP contribution in [0, 0.1) is 6.92 Å². The minimum absolute atomic E-state index is 0.0835. The Hall–Kier alpha value is -1.92. The summed E-state index contributed by atoms with van der Waals surface area (Å²) in [5, 5.41) is 9.58. The molecule has 2 unspecified atom stereocenters. The summed E-state index contributed by atoms with van der Waals surface area (Å²) in [6.07, 6.45) is 2.69. The molecule has 2 aliphatic heterocycles. The Kier molecular flexibility index (Phi) is 5.71. The van der Waals surface area contributed by atoms with Gasteiger partial charge in [0.15, 0.2) is 0 Å². The number of piperidine rings is 1. The Labute approximate surface area is 149 Å². The summed E-state index contributed by atoms with van der Waals surface area (Å²) in [7, 11) is 0. The smallest absolute Gasteiger partial charge is 0.224 e. The SMILES string of the molecule is Cc1ccccc1CC(=O)NC1CCN(C2NC(=O)CC(C)N2)CC1. The van der Waals surface area contributed by atoms with Crippen LogP contribution in [0.4, 0.5) is 0 Å². The predicted molar refractivity (Wildman–Crippen MR) is 96.8 cm³/mol. The van der Waals surface area contributed by atoms with Crippen molar-refractivity contribution in [2.45, 2.75) is 57.9 Å². The lowest BCUT2D eigenvalue weighted by Gasteiger charge is -2.41. The monoisotopic (exact) mass is 344 g/mol. The number of aryl methyl sites for hydroxylation is 1. The summed E-state index contributed by atoms with van der Waals surface area (Å²) in [5.41, 5.74) is 2.24. The average molecular weight is 344 g/mol. The molecule has 0 bridgehead atoms. The zero-order chi connectivity index (χ0) is 17.8. The molecular formula is C19H28N4O2. The van der Waals surface area contributed by atoms with Crippen LogP contribution in [0.2, 0.25) is 0 Å². The molecular weight excluding hydrogens is 316 g/mol. The third kappa shape index (κ3) is 4.80. The number of amides is 2. The van der Waals surface area contributed by atoms with E-state index in [2.05, 4.69) is 20.9 Å². The first-order valence-corrected chi connectivity index (χ1v) is 9.14. The zero-order valence-corrected chi connectivity index (χ0v) is 15.0. The lowest BCUT2D eigenvalue weighted by molar-refractivity contribution is -0.127. The van der Waals surface area contributed by atoms with Gasteiger partial charge in [0, 0.05) is 31.6 Å². The molecule has 0 spiro atoms. The highest BCUT2D eigenvalue weighted by Gasteiger charge is 2.30. The maximum atomic E-state index is 12.3. The third-order valence-corrected chi connectivity index (χ3v) is 5.10. The molecule has 2 fully saturated rings. The van der Waals surface area contributed by atoms with E-state index in [1.165, 1.54) is 0 Å². The van der Waals surface area contributed by atoms with Gasteiger partial charge in [-0.25, -0.2) is 0 Å². The molecule has 3 rings (SSSR count). The van der Waals surface area contributed by atoms with Crippen molar-refractivity contribution in [3.05, 3.63) is 35.4 Å². The number of likely N-dealkylation sites (tertiary alicyclic amines) is 1. The van der Waals surface area contributed by atoms with Gasteiger partial charge in [0.25, 0.3) is 0 Å². The maximum absolute atomic E-state index is 12.3. The van der Waals surface area contributed by atoms with Crippen molar-refractivity contribution >= 4 is 11.8 Å². The summed E-state index contributed by atoms with van der Waals surface area (Å²) >= 11 is 0. The Morgan fingerprint density at radius 2 is 2.00 bits per heavy atom. The van der Waals surface area contributed by atoms with Crippen molar-refractivity contribution in [1.82, 2.24) is 20.9 Å². The van der Waals surface area contributed by atoms with Crippen LogP contribution in [-0.2, 0) is 16.0 Å². The molecule has 1 aromatic carbocycles. The highest BCUT2D eigenvalue weighted by Crippen LogP contribution is 2.15. The Balaban J connectivity index is 1.45. The van der Waals surface area contributed by atoms with Crippen molar-refractivity contribution in [2.75, 3.05) is 13.1 Å². The first kappa shape index (κ1) is 17.9. The Bertz CT molecular complexity index is 626. The number of hydrogen-bond donors (Lipinski definition) is 3. The van der Waals surface area contributed by atoms with E-state index >= 15 is 0 Å². The van der Waals surface area contributed by atoms with E-state index in [9.17, 15) is 9.59 Å². The molecule has 0 radical (unpaired) electrons. The third-order valence-electron chi connectivity index (χ3n) is 5.10. The number of hydrogen-bond acceptors (Lipinski definition) is 4. The van der Waals surface area contributed by atoms with Gasteiger partial charge in [0.1, 0.15) is 6.29 Å². The largest absolute Gasteiger partial charge is 0.353 e. The molecule has 6 heteroatoms. The Morgan fingerprint density at radius 1 is 1.28 bits per heavy atom. The molecule has 1 aromatic rings.